The molecule has 10 nitrogen and oxygen atoms in total. The summed E-state index contributed by atoms with van der Waals surface area (Å²) in [6, 6.07) is 0.216. The van der Waals surface area contributed by atoms with Crippen molar-refractivity contribution in [3.63, 3.8) is 0 Å². The molecular formula is C21H30N6O4. The minimum Gasteiger partial charge on any atom is -0.381 e. The number of ether oxygens (including phenoxy) is 1. The third-order valence-corrected chi connectivity index (χ3v) is 7.29. The zero-order chi connectivity index (χ0) is 21.5. The first kappa shape index (κ1) is 20.6. The van der Waals surface area contributed by atoms with Gasteiger partial charge >= 0.3 is 0 Å². The third-order valence-electron chi connectivity index (χ3n) is 7.29. The normalized spacial score (nSPS) is 29.9. The third kappa shape index (κ3) is 3.88. The SMILES string of the molecule is CC1CN(CC2CC(C(=O)NO)C2)CC1c1nc2c(cnn2C2CCOCC2)c(=O)[nH]1. The summed E-state index contributed by atoms with van der Waals surface area (Å²) in [5.74, 6) is 1.39. The Bertz CT molecular complexity index is 1010. The van der Waals surface area contributed by atoms with Crippen LogP contribution in [-0.2, 0) is 9.53 Å². The Hall–Kier alpha value is -2.30. The molecule has 4 heterocycles. The molecule has 5 rings (SSSR count). The predicted octanol–water partition coefficient (Wildman–Crippen LogP) is 1.04. The van der Waals surface area contributed by atoms with Crippen molar-refractivity contribution in [2.45, 2.75) is 44.6 Å². The molecule has 1 saturated carbocycles. The molecule has 1 amide bonds. The number of H-pyrrole nitrogens is 1. The summed E-state index contributed by atoms with van der Waals surface area (Å²) in [5, 5.41) is 13.8. The second-order valence-electron chi connectivity index (χ2n) is 9.43. The van der Waals surface area contributed by atoms with Crippen LogP contribution < -0.4 is 11.0 Å². The number of nitrogens with one attached hydrogen (secondary N) is 2. The number of hydrogen-bond acceptors (Lipinski definition) is 7. The molecule has 1 aliphatic carbocycles. The van der Waals surface area contributed by atoms with Crippen molar-refractivity contribution < 1.29 is 14.7 Å². The molecule has 2 unspecified atom stereocenters. The number of nitrogens with zero attached hydrogens (tertiary/aromatic N) is 4. The van der Waals surface area contributed by atoms with Crippen LogP contribution in [0.5, 0.6) is 0 Å². The standard InChI is InChI=1S/C21H30N6O4/c1-12-9-26(10-13-6-14(7-13)20(28)25-30)11-17(12)18-23-19-16(21(29)24-18)8-22-27(19)15-2-4-31-5-3-15/h8,12-15,17,30H,2-7,9-11H2,1H3,(H,25,28)(H,23,24,29). The number of hydroxylamine groups is 1. The van der Waals surface area contributed by atoms with E-state index in [-0.39, 0.29) is 29.3 Å². The van der Waals surface area contributed by atoms with Crippen molar-refractivity contribution in [3.8, 4) is 0 Å². The van der Waals surface area contributed by atoms with Gasteiger partial charge in [-0.05, 0) is 37.5 Å². The minimum absolute atomic E-state index is 0.0725. The van der Waals surface area contributed by atoms with Crippen molar-refractivity contribution in [1.82, 2.24) is 30.1 Å². The number of fused-ring (bicyclic) bond motifs is 1. The first-order chi connectivity index (χ1) is 15.0. The Morgan fingerprint density at radius 1 is 1.32 bits per heavy atom. The van der Waals surface area contributed by atoms with Gasteiger partial charge < -0.3 is 14.6 Å². The first-order valence-corrected chi connectivity index (χ1v) is 11.2. The maximum Gasteiger partial charge on any atom is 0.262 e. The molecule has 3 N–H and O–H groups in total. The minimum atomic E-state index is -0.278. The molecule has 0 aromatic carbocycles. The smallest absolute Gasteiger partial charge is 0.262 e. The molecule has 3 aliphatic rings. The number of amides is 1. The molecule has 10 heteroatoms. The van der Waals surface area contributed by atoms with Crippen LogP contribution >= 0.6 is 0 Å². The van der Waals surface area contributed by atoms with E-state index in [9.17, 15) is 9.59 Å². The average molecular weight is 431 g/mol. The molecule has 2 aromatic heterocycles. The summed E-state index contributed by atoms with van der Waals surface area (Å²) >= 11 is 0. The molecule has 2 atom stereocenters. The first-order valence-electron chi connectivity index (χ1n) is 11.2. The lowest BCUT2D eigenvalue weighted by molar-refractivity contribution is -0.137. The summed E-state index contributed by atoms with van der Waals surface area (Å²) in [7, 11) is 0. The van der Waals surface area contributed by atoms with Gasteiger partial charge in [0.25, 0.3) is 5.56 Å². The van der Waals surface area contributed by atoms with Gasteiger partial charge in [-0.25, -0.2) is 15.1 Å². The van der Waals surface area contributed by atoms with Crippen LogP contribution in [0.2, 0.25) is 0 Å². The molecule has 168 valence electrons. The average Bonchev–Trinajstić information content (AvgIpc) is 3.34. The second-order valence-corrected chi connectivity index (χ2v) is 9.43. The predicted molar refractivity (Wildman–Crippen MR) is 112 cm³/mol. The molecule has 3 fully saturated rings. The van der Waals surface area contributed by atoms with E-state index >= 15 is 0 Å². The van der Waals surface area contributed by atoms with Crippen molar-refractivity contribution in [2.75, 3.05) is 32.8 Å². The van der Waals surface area contributed by atoms with E-state index in [1.54, 1.807) is 11.7 Å². The monoisotopic (exact) mass is 430 g/mol. The fourth-order valence-electron chi connectivity index (χ4n) is 5.45. The lowest BCUT2D eigenvalue weighted by Crippen LogP contribution is -2.42. The molecular weight excluding hydrogens is 400 g/mol. The van der Waals surface area contributed by atoms with Crippen LogP contribution in [0.1, 0.15) is 50.4 Å². The number of carbonyl (C=O) groups is 1. The van der Waals surface area contributed by atoms with Gasteiger partial charge in [-0.1, -0.05) is 6.92 Å². The highest BCUT2D eigenvalue weighted by molar-refractivity contribution is 5.78. The van der Waals surface area contributed by atoms with E-state index in [2.05, 4.69) is 21.9 Å². The molecule has 2 saturated heterocycles. The molecule has 2 aromatic rings. The molecule has 31 heavy (non-hydrogen) atoms. The van der Waals surface area contributed by atoms with Crippen LogP contribution in [-0.4, -0.2) is 68.6 Å². The van der Waals surface area contributed by atoms with Crippen molar-refractivity contribution >= 4 is 16.9 Å². The van der Waals surface area contributed by atoms with E-state index < -0.39 is 0 Å². The molecule has 2 aliphatic heterocycles. The van der Waals surface area contributed by atoms with Gasteiger partial charge in [-0.15, -0.1) is 0 Å². The topological polar surface area (TPSA) is 125 Å². The lowest BCUT2D eigenvalue weighted by atomic mass is 9.74. The van der Waals surface area contributed by atoms with E-state index in [1.165, 1.54) is 0 Å². The second kappa shape index (κ2) is 8.33. The summed E-state index contributed by atoms with van der Waals surface area (Å²) in [5.41, 5.74) is 2.30. The van der Waals surface area contributed by atoms with Crippen LogP contribution in [0.4, 0.5) is 0 Å². The van der Waals surface area contributed by atoms with Gasteiger partial charge in [-0.3, -0.25) is 14.8 Å². The Morgan fingerprint density at radius 3 is 2.84 bits per heavy atom. The largest absolute Gasteiger partial charge is 0.381 e. The zero-order valence-corrected chi connectivity index (χ0v) is 17.8. The van der Waals surface area contributed by atoms with Crippen molar-refractivity contribution in [2.24, 2.45) is 17.8 Å². The van der Waals surface area contributed by atoms with E-state index in [1.807, 2.05) is 4.68 Å². The van der Waals surface area contributed by atoms with Gasteiger partial charge in [0.1, 0.15) is 11.2 Å². The Kier molecular flexibility index (Phi) is 5.53. The molecule has 0 radical (unpaired) electrons. The fraction of sp³-hybridized carbons (Fsp3) is 0.714. The van der Waals surface area contributed by atoms with Gasteiger partial charge in [0, 0.05) is 44.7 Å². The number of carbonyl (C=O) groups excluding carboxylic acids is 1. The van der Waals surface area contributed by atoms with E-state index in [0.717, 1.165) is 51.1 Å². The number of hydrogen-bond donors (Lipinski definition) is 3. The van der Waals surface area contributed by atoms with Crippen molar-refractivity contribution in [1.29, 1.82) is 0 Å². The maximum atomic E-state index is 12.8. The number of aromatic amines is 1. The Balaban J connectivity index is 1.31. The van der Waals surface area contributed by atoms with Gasteiger partial charge in [0.05, 0.1) is 12.2 Å². The summed E-state index contributed by atoms with van der Waals surface area (Å²) in [4.78, 5) is 34.6. The lowest BCUT2D eigenvalue weighted by Gasteiger charge is -2.36. The highest BCUT2D eigenvalue weighted by Crippen LogP contribution is 2.37. The zero-order valence-electron chi connectivity index (χ0n) is 17.8. The van der Waals surface area contributed by atoms with Crippen LogP contribution in [0.25, 0.3) is 11.0 Å². The maximum absolute atomic E-state index is 12.8. The van der Waals surface area contributed by atoms with Gasteiger partial charge in [-0.2, -0.15) is 5.10 Å². The van der Waals surface area contributed by atoms with Gasteiger partial charge in [0.15, 0.2) is 5.65 Å². The summed E-state index contributed by atoms with van der Waals surface area (Å²) in [6.45, 7) is 6.33. The Labute approximate surface area is 179 Å². The number of likely N-dealkylation sites (tertiary alicyclic amines) is 1. The Morgan fingerprint density at radius 2 is 2.10 bits per heavy atom. The number of aromatic nitrogens is 4. The van der Waals surface area contributed by atoms with Gasteiger partial charge in [0.2, 0.25) is 5.91 Å². The van der Waals surface area contributed by atoms with E-state index in [0.29, 0.717) is 36.1 Å². The molecule has 0 bridgehead atoms. The summed E-state index contributed by atoms with van der Waals surface area (Å²) in [6.07, 6.45) is 5.01. The highest BCUT2D eigenvalue weighted by Gasteiger charge is 2.39. The van der Waals surface area contributed by atoms with Crippen LogP contribution in [0.15, 0.2) is 11.0 Å². The summed E-state index contributed by atoms with van der Waals surface area (Å²) < 4.78 is 7.38. The highest BCUT2D eigenvalue weighted by atomic mass is 16.5. The van der Waals surface area contributed by atoms with Crippen LogP contribution in [0, 0.1) is 17.8 Å². The molecule has 0 spiro atoms. The van der Waals surface area contributed by atoms with E-state index in [4.69, 9.17) is 14.9 Å². The van der Waals surface area contributed by atoms with Crippen molar-refractivity contribution in [3.05, 3.63) is 22.4 Å². The van der Waals surface area contributed by atoms with Crippen LogP contribution in [0.3, 0.4) is 0 Å². The quantitative estimate of drug-likeness (QED) is 0.478. The number of rotatable bonds is 5. The fourth-order valence-corrected chi connectivity index (χ4v) is 5.45.